The molecule has 23 heavy (non-hydrogen) atoms. The summed E-state index contributed by atoms with van der Waals surface area (Å²) in [4.78, 5) is 0. The number of aryl methyl sites for hydroxylation is 1. The van der Waals surface area contributed by atoms with Crippen molar-refractivity contribution in [1.29, 1.82) is 0 Å². The number of methoxy groups -OCH3 is 1. The molecule has 3 rings (SSSR count). The van der Waals surface area contributed by atoms with Gasteiger partial charge in [0, 0.05) is 10.7 Å². The molecule has 2 aromatic rings. The number of nitrogens with one attached hydrogen (secondary N) is 2. The summed E-state index contributed by atoms with van der Waals surface area (Å²) in [5.41, 5.74) is 3.52. The van der Waals surface area contributed by atoms with Gasteiger partial charge in [-0.2, -0.15) is 0 Å². The minimum atomic E-state index is 0.226. The average molecular weight is 347 g/mol. The van der Waals surface area contributed by atoms with E-state index in [-0.39, 0.29) is 6.04 Å². The van der Waals surface area contributed by atoms with Crippen molar-refractivity contribution in [2.75, 3.05) is 12.4 Å². The van der Waals surface area contributed by atoms with Gasteiger partial charge < -0.3 is 15.4 Å². The maximum atomic E-state index is 6.00. The molecule has 0 amide bonds. The molecule has 0 unspecified atom stereocenters. The molecular formula is C18H19ClN2OS. The van der Waals surface area contributed by atoms with Crippen molar-refractivity contribution in [3.8, 4) is 5.75 Å². The Morgan fingerprint density at radius 1 is 1.26 bits per heavy atom. The normalized spacial score (nSPS) is 16.3. The number of benzene rings is 2. The van der Waals surface area contributed by atoms with Crippen LogP contribution in [0.3, 0.4) is 0 Å². The van der Waals surface area contributed by atoms with Crippen LogP contribution in [0, 0.1) is 0 Å². The highest BCUT2D eigenvalue weighted by molar-refractivity contribution is 7.80. The van der Waals surface area contributed by atoms with Crippen LogP contribution in [0.1, 0.15) is 30.0 Å². The molecule has 0 saturated heterocycles. The molecular weight excluding hydrogens is 328 g/mol. The first-order valence-electron chi connectivity index (χ1n) is 7.65. The second-order valence-electron chi connectivity index (χ2n) is 5.62. The van der Waals surface area contributed by atoms with Gasteiger partial charge in [0.05, 0.1) is 13.2 Å². The molecule has 5 heteroatoms. The van der Waals surface area contributed by atoms with Crippen LogP contribution >= 0.6 is 23.8 Å². The summed E-state index contributed by atoms with van der Waals surface area (Å²) in [5, 5.41) is 7.91. The summed E-state index contributed by atoms with van der Waals surface area (Å²) in [6, 6.07) is 14.0. The van der Waals surface area contributed by atoms with Gasteiger partial charge in [0.2, 0.25) is 0 Å². The molecule has 0 bridgehead atoms. The van der Waals surface area contributed by atoms with Gasteiger partial charge in [-0.05, 0) is 72.9 Å². The summed E-state index contributed by atoms with van der Waals surface area (Å²) in [5.74, 6) is 0.907. The van der Waals surface area contributed by atoms with Gasteiger partial charge in [0.1, 0.15) is 5.75 Å². The Balaban J connectivity index is 1.70. The van der Waals surface area contributed by atoms with E-state index in [1.54, 1.807) is 7.11 Å². The number of fused-ring (bicyclic) bond motifs is 1. The van der Waals surface area contributed by atoms with Crippen molar-refractivity contribution < 1.29 is 4.74 Å². The van der Waals surface area contributed by atoms with E-state index in [2.05, 4.69) is 22.8 Å². The SMILES string of the molecule is COc1ccc2c(c1)CCC[C@H]2NC(=S)Nc1cccc(Cl)c1. The monoisotopic (exact) mass is 346 g/mol. The van der Waals surface area contributed by atoms with E-state index >= 15 is 0 Å². The van der Waals surface area contributed by atoms with E-state index in [0.717, 1.165) is 30.7 Å². The molecule has 1 aliphatic rings. The summed E-state index contributed by atoms with van der Waals surface area (Å²) in [7, 11) is 1.70. The standard InChI is InChI=1S/C18H19ClN2OS/c1-22-15-8-9-16-12(10-15)4-2-7-17(16)21-18(23)20-14-6-3-5-13(19)11-14/h3,5-6,8-11,17H,2,4,7H2,1H3,(H2,20,21,23)/t17-/m1/s1. The predicted molar refractivity (Wildman–Crippen MR) is 99.5 cm³/mol. The molecule has 1 atom stereocenters. The van der Waals surface area contributed by atoms with Crippen LogP contribution in [-0.2, 0) is 6.42 Å². The summed E-state index contributed by atoms with van der Waals surface area (Å²) < 4.78 is 5.32. The molecule has 0 aliphatic heterocycles. The third kappa shape index (κ3) is 3.95. The van der Waals surface area contributed by atoms with Crippen LogP contribution in [0.4, 0.5) is 5.69 Å². The maximum absolute atomic E-state index is 6.00. The first-order chi connectivity index (χ1) is 11.2. The lowest BCUT2D eigenvalue weighted by molar-refractivity contribution is 0.412. The Morgan fingerprint density at radius 2 is 2.13 bits per heavy atom. The number of hydrogen-bond acceptors (Lipinski definition) is 2. The molecule has 120 valence electrons. The van der Waals surface area contributed by atoms with Crippen LogP contribution < -0.4 is 15.4 Å². The summed E-state index contributed by atoms with van der Waals surface area (Å²) in [6.45, 7) is 0. The Morgan fingerprint density at radius 3 is 2.91 bits per heavy atom. The summed E-state index contributed by atoms with van der Waals surface area (Å²) >= 11 is 11.4. The van der Waals surface area contributed by atoms with E-state index in [9.17, 15) is 0 Å². The molecule has 1 aliphatic carbocycles. The van der Waals surface area contributed by atoms with Crippen molar-refractivity contribution in [3.63, 3.8) is 0 Å². The Labute approximate surface area is 147 Å². The minimum absolute atomic E-state index is 0.226. The zero-order chi connectivity index (χ0) is 16.2. The van der Waals surface area contributed by atoms with Crippen LogP contribution in [0.2, 0.25) is 5.02 Å². The number of hydrogen-bond donors (Lipinski definition) is 2. The van der Waals surface area contributed by atoms with Crippen LogP contribution in [0.25, 0.3) is 0 Å². The topological polar surface area (TPSA) is 33.3 Å². The van der Waals surface area contributed by atoms with Crippen molar-refractivity contribution in [2.24, 2.45) is 0 Å². The molecule has 0 aromatic heterocycles. The van der Waals surface area contributed by atoms with E-state index in [1.165, 1.54) is 11.1 Å². The number of thiocarbonyl (C=S) groups is 1. The van der Waals surface area contributed by atoms with Crippen LogP contribution in [0.15, 0.2) is 42.5 Å². The molecule has 2 aromatic carbocycles. The lowest BCUT2D eigenvalue weighted by atomic mass is 9.87. The van der Waals surface area contributed by atoms with Gasteiger partial charge >= 0.3 is 0 Å². The minimum Gasteiger partial charge on any atom is -0.497 e. The second kappa shape index (κ2) is 7.20. The molecule has 0 radical (unpaired) electrons. The highest BCUT2D eigenvalue weighted by atomic mass is 35.5. The highest BCUT2D eigenvalue weighted by Gasteiger charge is 2.21. The van der Waals surface area contributed by atoms with Crippen LogP contribution in [0.5, 0.6) is 5.75 Å². The smallest absolute Gasteiger partial charge is 0.171 e. The lowest BCUT2D eigenvalue weighted by Gasteiger charge is -2.28. The molecule has 0 heterocycles. The first-order valence-corrected chi connectivity index (χ1v) is 8.44. The number of halogens is 1. The molecule has 3 nitrogen and oxygen atoms in total. The van der Waals surface area contributed by atoms with Gasteiger partial charge in [0.15, 0.2) is 5.11 Å². The number of rotatable bonds is 3. The van der Waals surface area contributed by atoms with E-state index in [1.807, 2.05) is 30.3 Å². The average Bonchev–Trinajstić information content (AvgIpc) is 2.54. The lowest BCUT2D eigenvalue weighted by Crippen LogP contribution is -2.34. The fraction of sp³-hybridized carbons (Fsp3) is 0.278. The van der Waals surface area contributed by atoms with Gasteiger partial charge in [-0.15, -0.1) is 0 Å². The second-order valence-corrected chi connectivity index (χ2v) is 6.46. The van der Waals surface area contributed by atoms with E-state index < -0.39 is 0 Å². The third-order valence-corrected chi connectivity index (χ3v) is 4.51. The van der Waals surface area contributed by atoms with Crippen molar-refractivity contribution in [2.45, 2.75) is 25.3 Å². The Kier molecular flexibility index (Phi) is 5.03. The van der Waals surface area contributed by atoms with Crippen molar-refractivity contribution >= 4 is 34.6 Å². The molecule has 0 spiro atoms. The maximum Gasteiger partial charge on any atom is 0.171 e. The third-order valence-electron chi connectivity index (χ3n) is 4.05. The quantitative estimate of drug-likeness (QED) is 0.788. The summed E-state index contributed by atoms with van der Waals surface area (Å²) in [6.07, 6.45) is 3.29. The Bertz CT molecular complexity index is 720. The number of ether oxygens (including phenoxy) is 1. The van der Waals surface area contributed by atoms with Crippen LogP contribution in [-0.4, -0.2) is 12.2 Å². The van der Waals surface area contributed by atoms with Gasteiger partial charge in [-0.3, -0.25) is 0 Å². The zero-order valence-electron chi connectivity index (χ0n) is 12.9. The fourth-order valence-corrected chi connectivity index (χ4v) is 3.41. The zero-order valence-corrected chi connectivity index (χ0v) is 14.5. The van der Waals surface area contributed by atoms with Gasteiger partial charge in [-0.25, -0.2) is 0 Å². The van der Waals surface area contributed by atoms with Gasteiger partial charge in [-0.1, -0.05) is 23.7 Å². The van der Waals surface area contributed by atoms with Crippen molar-refractivity contribution in [1.82, 2.24) is 5.32 Å². The largest absolute Gasteiger partial charge is 0.497 e. The van der Waals surface area contributed by atoms with E-state index in [0.29, 0.717) is 10.1 Å². The fourth-order valence-electron chi connectivity index (χ4n) is 2.96. The van der Waals surface area contributed by atoms with E-state index in [4.69, 9.17) is 28.6 Å². The molecule has 0 saturated carbocycles. The molecule has 0 fully saturated rings. The van der Waals surface area contributed by atoms with Crippen molar-refractivity contribution in [3.05, 3.63) is 58.6 Å². The van der Waals surface area contributed by atoms with Gasteiger partial charge in [0.25, 0.3) is 0 Å². The number of anilines is 1. The predicted octanol–water partition coefficient (Wildman–Crippen LogP) is 4.71. The highest BCUT2D eigenvalue weighted by Crippen LogP contribution is 2.32. The Hall–Kier alpha value is -1.78. The molecule has 2 N–H and O–H groups in total. The first kappa shape index (κ1) is 16.1.